The molecule has 3 aromatic rings. The molecule has 1 aliphatic rings. The van der Waals surface area contributed by atoms with Crippen molar-refractivity contribution in [1.82, 2.24) is 9.55 Å². The molecular weight excluding hydrogens is 377 g/mol. The number of nitrogens with zero attached hydrogens (tertiary/aromatic N) is 2. The van der Waals surface area contributed by atoms with Gasteiger partial charge in [-0.15, -0.1) is 11.3 Å². The highest BCUT2D eigenvalue weighted by Gasteiger charge is 2.23. The van der Waals surface area contributed by atoms with Crippen LogP contribution >= 0.6 is 11.3 Å². The minimum atomic E-state index is -0.254. The third-order valence-corrected chi connectivity index (χ3v) is 5.88. The highest BCUT2D eigenvalue weighted by atomic mass is 32.1. The monoisotopic (exact) mass is 399 g/mol. The molecular formula is C21H22FN3O2S. The molecule has 5 nitrogen and oxygen atoms in total. The number of carbonyl (C=O) groups excluding carboxylic acids is 1. The second kappa shape index (κ2) is 7.85. The van der Waals surface area contributed by atoms with Crippen molar-refractivity contribution in [3.63, 3.8) is 0 Å². The number of amides is 1. The number of carbonyl (C=O) groups is 1. The van der Waals surface area contributed by atoms with Crippen molar-refractivity contribution in [3.8, 4) is 16.9 Å². The summed E-state index contributed by atoms with van der Waals surface area (Å²) < 4.78 is 20.6. The molecule has 0 saturated carbocycles. The largest absolute Gasteiger partial charge is 0.381 e. The third kappa shape index (κ3) is 3.72. The Bertz CT molecular complexity index is 988. The zero-order chi connectivity index (χ0) is 19.7. The van der Waals surface area contributed by atoms with Gasteiger partial charge >= 0.3 is 0 Å². The van der Waals surface area contributed by atoms with E-state index in [9.17, 15) is 9.18 Å². The van der Waals surface area contributed by atoms with Gasteiger partial charge in [0.05, 0.1) is 5.69 Å². The normalized spacial score (nSPS) is 15.0. The van der Waals surface area contributed by atoms with Gasteiger partial charge in [0.1, 0.15) is 5.82 Å². The molecule has 2 aromatic heterocycles. The van der Waals surface area contributed by atoms with Gasteiger partial charge in [0.25, 0.3) is 0 Å². The van der Waals surface area contributed by atoms with E-state index in [4.69, 9.17) is 4.74 Å². The maximum atomic E-state index is 13.3. The summed E-state index contributed by atoms with van der Waals surface area (Å²) in [4.78, 5) is 17.0. The van der Waals surface area contributed by atoms with Gasteiger partial charge in [-0.3, -0.25) is 4.79 Å². The fourth-order valence-corrected chi connectivity index (χ4v) is 4.35. The number of aromatic nitrogens is 2. The van der Waals surface area contributed by atoms with E-state index in [2.05, 4.69) is 20.9 Å². The molecule has 0 unspecified atom stereocenters. The molecule has 28 heavy (non-hydrogen) atoms. The molecule has 1 amide bonds. The molecule has 1 aromatic carbocycles. The summed E-state index contributed by atoms with van der Waals surface area (Å²) in [6.45, 7) is 5.30. The van der Waals surface area contributed by atoms with Crippen molar-refractivity contribution >= 4 is 22.4 Å². The standard InChI is InChI=1S/C21H22FN3O2S/c1-13-11-18(14(2)25(13)17-5-3-16(22)4-6-17)19-12-28-21(23-19)24-20(26)15-7-9-27-10-8-15/h3-6,11-12,15H,7-10H2,1-2H3,(H,23,24,26). The molecule has 146 valence electrons. The van der Waals surface area contributed by atoms with Crippen LogP contribution in [0.4, 0.5) is 9.52 Å². The van der Waals surface area contributed by atoms with Crippen LogP contribution in [0.5, 0.6) is 0 Å². The van der Waals surface area contributed by atoms with Crippen LogP contribution < -0.4 is 5.32 Å². The lowest BCUT2D eigenvalue weighted by Crippen LogP contribution is -2.28. The lowest BCUT2D eigenvalue weighted by atomic mass is 10.00. The number of hydrogen-bond acceptors (Lipinski definition) is 4. The molecule has 3 heterocycles. The summed E-state index contributed by atoms with van der Waals surface area (Å²) in [5.41, 5.74) is 4.81. The van der Waals surface area contributed by atoms with Gasteiger partial charge in [-0.25, -0.2) is 9.37 Å². The van der Waals surface area contributed by atoms with E-state index >= 15 is 0 Å². The number of aryl methyl sites for hydroxylation is 1. The van der Waals surface area contributed by atoms with Crippen molar-refractivity contribution < 1.29 is 13.9 Å². The number of ether oxygens (including phenoxy) is 1. The topological polar surface area (TPSA) is 56.1 Å². The molecule has 0 bridgehead atoms. The van der Waals surface area contributed by atoms with Crippen LogP contribution in [0.2, 0.25) is 0 Å². The van der Waals surface area contributed by atoms with Gasteiger partial charge < -0.3 is 14.6 Å². The van der Waals surface area contributed by atoms with E-state index in [0.717, 1.165) is 41.2 Å². The van der Waals surface area contributed by atoms with Crippen molar-refractivity contribution in [2.24, 2.45) is 5.92 Å². The molecule has 1 aliphatic heterocycles. The summed E-state index contributed by atoms with van der Waals surface area (Å²) in [6.07, 6.45) is 1.51. The molecule has 7 heteroatoms. The second-order valence-electron chi connectivity index (χ2n) is 7.01. The van der Waals surface area contributed by atoms with Crippen LogP contribution in [-0.2, 0) is 9.53 Å². The average molecular weight is 399 g/mol. The molecule has 0 spiro atoms. The van der Waals surface area contributed by atoms with Gasteiger partial charge in [-0.2, -0.15) is 0 Å². The lowest BCUT2D eigenvalue weighted by Gasteiger charge is -2.20. The van der Waals surface area contributed by atoms with E-state index in [1.807, 2.05) is 19.2 Å². The Morgan fingerprint density at radius 2 is 1.96 bits per heavy atom. The van der Waals surface area contributed by atoms with E-state index in [1.165, 1.54) is 23.5 Å². The second-order valence-corrected chi connectivity index (χ2v) is 7.87. The maximum absolute atomic E-state index is 13.3. The quantitative estimate of drug-likeness (QED) is 0.691. The molecule has 0 radical (unpaired) electrons. The Balaban J connectivity index is 1.56. The van der Waals surface area contributed by atoms with Crippen LogP contribution in [0.15, 0.2) is 35.7 Å². The van der Waals surface area contributed by atoms with Crippen molar-refractivity contribution in [2.75, 3.05) is 18.5 Å². The number of hydrogen-bond donors (Lipinski definition) is 1. The molecule has 1 N–H and O–H groups in total. The number of thiazole rings is 1. The highest BCUT2D eigenvalue weighted by Crippen LogP contribution is 2.32. The predicted octanol–water partition coefficient (Wildman–Crippen LogP) is 4.72. The van der Waals surface area contributed by atoms with Crippen LogP contribution in [0.25, 0.3) is 16.9 Å². The first-order chi connectivity index (χ1) is 13.5. The van der Waals surface area contributed by atoms with E-state index in [1.54, 1.807) is 12.1 Å². The minimum Gasteiger partial charge on any atom is -0.381 e. The van der Waals surface area contributed by atoms with Crippen molar-refractivity contribution in [3.05, 3.63) is 52.9 Å². The zero-order valence-electron chi connectivity index (χ0n) is 15.9. The Kier molecular flexibility index (Phi) is 5.28. The lowest BCUT2D eigenvalue weighted by molar-refractivity contribution is -0.122. The van der Waals surface area contributed by atoms with Crippen LogP contribution in [0.3, 0.4) is 0 Å². The molecule has 1 saturated heterocycles. The maximum Gasteiger partial charge on any atom is 0.229 e. The number of halogens is 1. The number of benzene rings is 1. The van der Waals surface area contributed by atoms with Crippen molar-refractivity contribution in [1.29, 1.82) is 0 Å². The van der Waals surface area contributed by atoms with Gasteiger partial charge in [0, 0.05) is 47.2 Å². The van der Waals surface area contributed by atoms with E-state index in [0.29, 0.717) is 18.3 Å². The Morgan fingerprint density at radius 1 is 1.25 bits per heavy atom. The van der Waals surface area contributed by atoms with Gasteiger partial charge in [0.15, 0.2) is 5.13 Å². The Labute approximate surface area is 167 Å². The number of rotatable bonds is 4. The Hall–Kier alpha value is -2.51. The van der Waals surface area contributed by atoms with Gasteiger partial charge in [-0.1, -0.05) is 0 Å². The zero-order valence-corrected chi connectivity index (χ0v) is 16.7. The summed E-state index contributed by atoms with van der Waals surface area (Å²) >= 11 is 1.43. The van der Waals surface area contributed by atoms with Crippen LogP contribution in [-0.4, -0.2) is 28.7 Å². The van der Waals surface area contributed by atoms with Gasteiger partial charge in [-0.05, 0) is 57.0 Å². The molecule has 0 aliphatic carbocycles. The molecule has 0 atom stereocenters. The van der Waals surface area contributed by atoms with E-state index < -0.39 is 0 Å². The first-order valence-corrected chi connectivity index (χ1v) is 10.2. The SMILES string of the molecule is Cc1cc(-c2csc(NC(=O)C3CCOCC3)n2)c(C)n1-c1ccc(F)cc1. The van der Waals surface area contributed by atoms with Crippen molar-refractivity contribution in [2.45, 2.75) is 26.7 Å². The molecule has 1 fully saturated rings. The highest BCUT2D eigenvalue weighted by molar-refractivity contribution is 7.14. The fourth-order valence-electron chi connectivity index (χ4n) is 3.63. The Morgan fingerprint density at radius 3 is 2.68 bits per heavy atom. The van der Waals surface area contributed by atoms with Crippen LogP contribution in [0, 0.1) is 25.6 Å². The fraction of sp³-hybridized carbons (Fsp3) is 0.333. The smallest absolute Gasteiger partial charge is 0.229 e. The summed E-state index contributed by atoms with van der Waals surface area (Å²) in [5, 5.41) is 5.51. The summed E-state index contributed by atoms with van der Waals surface area (Å²) in [5.74, 6) is -0.249. The summed E-state index contributed by atoms with van der Waals surface area (Å²) in [6, 6.07) is 8.51. The third-order valence-electron chi connectivity index (χ3n) is 5.12. The van der Waals surface area contributed by atoms with Gasteiger partial charge in [0.2, 0.25) is 5.91 Å². The summed E-state index contributed by atoms with van der Waals surface area (Å²) in [7, 11) is 0. The number of nitrogens with one attached hydrogen (secondary N) is 1. The predicted molar refractivity (Wildman–Crippen MR) is 108 cm³/mol. The first-order valence-electron chi connectivity index (χ1n) is 9.32. The average Bonchev–Trinajstić information content (AvgIpc) is 3.27. The minimum absolute atomic E-state index is 0.00959. The van der Waals surface area contributed by atoms with Crippen LogP contribution in [0.1, 0.15) is 24.2 Å². The number of anilines is 1. The molecule has 4 rings (SSSR count). The van der Waals surface area contributed by atoms with E-state index in [-0.39, 0.29) is 17.6 Å². The first kappa shape index (κ1) is 18.8.